The smallest absolute Gasteiger partial charge is 0.338 e. The Morgan fingerprint density at radius 1 is 1.15 bits per heavy atom. The van der Waals surface area contributed by atoms with Crippen molar-refractivity contribution in [3.05, 3.63) is 60.3 Å². The second-order valence-corrected chi connectivity index (χ2v) is 8.52. The quantitative estimate of drug-likeness (QED) is 0.651. The molecule has 136 valence electrons. The second kappa shape index (κ2) is 7.35. The first-order valence-electron chi connectivity index (χ1n) is 7.92. The van der Waals surface area contributed by atoms with E-state index in [1.165, 1.54) is 35.6 Å². The third kappa shape index (κ3) is 3.81. The van der Waals surface area contributed by atoms with E-state index in [1.54, 1.807) is 19.1 Å². The highest BCUT2D eigenvalue weighted by molar-refractivity contribution is 7.94. The van der Waals surface area contributed by atoms with Gasteiger partial charge in [0.2, 0.25) is 0 Å². The van der Waals surface area contributed by atoms with Crippen molar-refractivity contribution in [3.63, 3.8) is 0 Å². The maximum atomic E-state index is 12.6. The van der Waals surface area contributed by atoms with Crippen LogP contribution in [0.25, 0.3) is 10.6 Å². The van der Waals surface area contributed by atoms with Crippen molar-refractivity contribution < 1.29 is 17.9 Å². The molecule has 6 nitrogen and oxygen atoms in total. The molecule has 0 atom stereocenters. The summed E-state index contributed by atoms with van der Waals surface area (Å²) in [6.45, 7) is 2.01. The molecular formula is C18H18N2O4S2. The Morgan fingerprint density at radius 3 is 2.50 bits per heavy atom. The summed E-state index contributed by atoms with van der Waals surface area (Å²) in [5.41, 5.74) is 1.71. The van der Waals surface area contributed by atoms with E-state index in [0.717, 1.165) is 10.6 Å². The number of carbonyl (C=O) groups is 1. The zero-order valence-electron chi connectivity index (χ0n) is 14.3. The van der Waals surface area contributed by atoms with Crippen LogP contribution in [0.15, 0.2) is 58.9 Å². The summed E-state index contributed by atoms with van der Waals surface area (Å²) in [6, 6.07) is 13.3. The first-order chi connectivity index (χ1) is 12.4. The molecule has 0 aliphatic carbocycles. The van der Waals surface area contributed by atoms with E-state index >= 15 is 0 Å². The van der Waals surface area contributed by atoms with Gasteiger partial charge in [0, 0.05) is 18.9 Å². The monoisotopic (exact) mass is 390 g/mol. The van der Waals surface area contributed by atoms with E-state index in [0.29, 0.717) is 11.3 Å². The number of hydrogen-bond donors (Lipinski definition) is 1. The molecule has 3 rings (SSSR count). The molecule has 1 N–H and O–H groups in total. The van der Waals surface area contributed by atoms with E-state index in [9.17, 15) is 13.2 Å². The number of nitrogens with zero attached hydrogens (tertiary/aromatic N) is 1. The van der Waals surface area contributed by atoms with Crippen molar-refractivity contribution in [2.45, 2.75) is 11.1 Å². The number of benzene rings is 1. The number of ether oxygens (including phenoxy) is 1. The maximum Gasteiger partial charge on any atom is 0.338 e. The van der Waals surface area contributed by atoms with Gasteiger partial charge in [0.05, 0.1) is 22.7 Å². The Balaban J connectivity index is 1.78. The molecule has 0 aliphatic rings. The minimum Gasteiger partial charge on any atom is -0.462 e. The van der Waals surface area contributed by atoms with Crippen LogP contribution in [0.1, 0.15) is 17.3 Å². The summed E-state index contributed by atoms with van der Waals surface area (Å²) in [7, 11) is -1.79. The number of aryl methyl sites for hydroxylation is 1. The minimum absolute atomic E-state index is 0.225. The number of anilines is 1. The highest BCUT2D eigenvalue weighted by atomic mass is 32.2. The number of thiophene rings is 1. The van der Waals surface area contributed by atoms with Crippen molar-refractivity contribution in [3.8, 4) is 10.6 Å². The lowest BCUT2D eigenvalue weighted by molar-refractivity contribution is 0.0526. The lowest BCUT2D eigenvalue weighted by Gasteiger charge is -2.07. The van der Waals surface area contributed by atoms with Gasteiger partial charge in [0.15, 0.2) is 0 Å². The average molecular weight is 390 g/mol. The Labute approximate surface area is 156 Å². The van der Waals surface area contributed by atoms with Gasteiger partial charge in [-0.15, -0.1) is 11.3 Å². The van der Waals surface area contributed by atoms with Crippen molar-refractivity contribution in [1.29, 1.82) is 0 Å². The van der Waals surface area contributed by atoms with Crippen LogP contribution in [-0.4, -0.2) is 25.6 Å². The van der Waals surface area contributed by atoms with E-state index in [1.807, 2.05) is 29.9 Å². The summed E-state index contributed by atoms with van der Waals surface area (Å²) in [4.78, 5) is 12.5. The molecule has 2 heterocycles. The van der Waals surface area contributed by atoms with Crippen LogP contribution in [0.3, 0.4) is 0 Å². The molecule has 1 aromatic carbocycles. The van der Waals surface area contributed by atoms with E-state index in [-0.39, 0.29) is 10.8 Å². The lowest BCUT2D eigenvalue weighted by Crippen LogP contribution is -2.11. The minimum atomic E-state index is -3.70. The van der Waals surface area contributed by atoms with Gasteiger partial charge in [0.25, 0.3) is 10.0 Å². The number of rotatable bonds is 6. The fourth-order valence-electron chi connectivity index (χ4n) is 2.41. The van der Waals surface area contributed by atoms with Gasteiger partial charge in [0.1, 0.15) is 4.21 Å². The number of sulfonamides is 1. The molecule has 2 aromatic heterocycles. The SMILES string of the molecule is CCOC(=O)c1ccc(NS(=O)(=O)c2ccc(-c3cccn3C)s2)cc1. The molecule has 26 heavy (non-hydrogen) atoms. The van der Waals surface area contributed by atoms with E-state index < -0.39 is 16.0 Å². The van der Waals surface area contributed by atoms with Crippen molar-refractivity contribution >= 4 is 33.0 Å². The Kier molecular flexibility index (Phi) is 5.15. The van der Waals surface area contributed by atoms with Gasteiger partial charge in [-0.3, -0.25) is 4.72 Å². The number of hydrogen-bond acceptors (Lipinski definition) is 5. The Morgan fingerprint density at radius 2 is 1.88 bits per heavy atom. The maximum absolute atomic E-state index is 12.6. The van der Waals surface area contributed by atoms with E-state index in [2.05, 4.69) is 4.72 Å². The zero-order chi connectivity index (χ0) is 18.7. The van der Waals surface area contributed by atoms with Crippen molar-refractivity contribution in [1.82, 2.24) is 4.57 Å². The standard InChI is InChI=1S/C18H18N2O4S2/c1-3-24-18(21)13-6-8-14(9-7-13)19-26(22,23)17-11-10-16(25-17)15-5-4-12-20(15)2/h4-12,19H,3H2,1-2H3. The molecular weight excluding hydrogens is 372 g/mol. The predicted octanol–water partition coefficient (Wildman–Crippen LogP) is 3.73. The van der Waals surface area contributed by atoms with Gasteiger partial charge in [-0.1, -0.05) is 0 Å². The average Bonchev–Trinajstić information content (AvgIpc) is 3.24. The summed E-state index contributed by atoms with van der Waals surface area (Å²) in [6.07, 6.45) is 1.91. The summed E-state index contributed by atoms with van der Waals surface area (Å²) < 4.78 is 34.8. The molecule has 0 amide bonds. The number of aromatic nitrogens is 1. The van der Waals surface area contributed by atoms with Crippen molar-refractivity contribution in [2.75, 3.05) is 11.3 Å². The number of nitrogens with one attached hydrogen (secondary N) is 1. The van der Waals surface area contributed by atoms with Crippen LogP contribution >= 0.6 is 11.3 Å². The van der Waals surface area contributed by atoms with Crippen LogP contribution in [0.4, 0.5) is 5.69 Å². The predicted molar refractivity (Wildman–Crippen MR) is 102 cm³/mol. The third-order valence-electron chi connectivity index (χ3n) is 3.69. The van der Waals surface area contributed by atoms with Gasteiger partial charge >= 0.3 is 5.97 Å². The molecule has 0 aliphatic heterocycles. The Hall–Kier alpha value is -2.58. The molecule has 0 spiro atoms. The normalized spacial score (nSPS) is 11.3. The molecule has 0 saturated carbocycles. The first kappa shape index (κ1) is 18.2. The largest absolute Gasteiger partial charge is 0.462 e. The fourth-order valence-corrected chi connectivity index (χ4v) is 4.85. The molecule has 0 saturated heterocycles. The van der Waals surface area contributed by atoms with E-state index in [4.69, 9.17) is 4.74 Å². The number of carbonyl (C=O) groups excluding carboxylic acids is 1. The summed E-state index contributed by atoms with van der Waals surface area (Å²) >= 11 is 1.20. The zero-order valence-corrected chi connectivity index (χ0v) is 15.9. The highest BCUT2D eigenvalue weighted by Gasteiger charge is 2.18. The van der Waals surface area contributed by atoms with Crippen molar-refractivity contribution in [2.24, 2.45) is 7.05 Å². The van der Waals surface area contributed by atoms with Gasteiger partial charge in [-0.05, 0) is 55.5 Å². The number of esters is 1. The molecule has 3 aromatic rings. The highest BCUT2D eigenvalue weighted by Crippen LogP contribution is 2.31. The van der Waals surface area contributed by atoms with Crippen LogP contribution in [0, 0.1) is 0 Å². The van der Waals surface area contributed by atoms with Gasteiger partial charge in [-0.2, -0.15) is 0 Å². The summed E-state index contributed by atoms with van der Waals surface area (Å²) in [5.74, 6) is -0.438. The third-order valence-corrected chi connectivity index (χ3v) is 6.67. The molecule has 0 radical (unpaired) electrons. The first-order valence-corrected chi connectivity index (χ1v) is 10.2. The van der Waals surface area contributed by atoms with Crippen LogP contribution < -0.4 is 4.72 Å². The molecule has 8 heteroatoms. The van der Waals surface area contributed by atoms with Crippen LogP contribution in [0.2, 0.25) is 0 Å². The van der Waals surface area contributed by atoms with Gasteiger partial charge in [-0.25, -0.2) is 13.2 Å². The van der Waals surface area contributed by atoms with Gasteiger partial charge < -0.3 is 9.30 Å². The molecule has 0 fully saturated rings. The fraction of sp³-hybridized carbons (Fsp3) is 0.167. The lowest BCUT2D eigenvalue weighted by atomic mass is 10.2. The van der Waals surface area contributed by atoms with Crippen LogP contribution in [-0.2, 0) is 21.8 Å². The topological polar surface area (TPSA) is 77.4 Å². The summed E-state index contributed by atoms with van der Waals surface area (Å²) in [5, 5.41) is 0. The molecule has 0 bridgehead atoms. The second-order valence-electron chi connectivity index (χ2n) is 5.53. The van der Waals surface area contributed by atoms with Crippen LogP contribution in [0.5, 0.6) is 0 Å². The Bertz CT molecular complexity index is 1020. The molecule has 0 unspecified atom stereocenters.